The number of thiazole rings is 1. The van der Waals surface area contributed by atoms with E-state index in [2.05, 4.69) is 47.2 Å². The van der Waals surface area contributed by atoms with E-state index in [1.165, 1.54) is 11.3 Å². The van der Waals surface area contributed by atoms with Crippen LogP contribution in [0.25, 0.3) is 22.3 Å². The van der Waals surface area contributed by atoms with Crippen LogP contribution < -0.4 is 0 Å². The molecule has 1 fully saturated rings. The minimum atomic E-state index is 0.0248. The first-order valence-electron chi connectivity index (χ1n) is 11.8. The highest BCUT2D eigenvalue weighted by atomic mass is 32.1. The van der Waals surface area contributed by atoms with Crippen LogP contribution in [-0.2, 0) is 16.0 Å². The number of rotatable bonds is 8. The summed E-state index contributed by atoms with van der Waals surface area (Å²) >= 11 is 1.64. The van der Waals surface area contributed by atoms with Crippen LogP contribution in [0.1, 0.15) is 29.7 Å². The molecule has 2 aromatic carbocycles. The zero-order valence-electron chi connectivity index (χ0n) is 19.4. The summed E-state index contributed by atoms with van der Waals surface area (Å²) < 4.78 is 7.99. The van der Waals surface area contributed by atoms with Crippen LogP contribution in [0.3, 0.4) is 0 Å². The zero-order valence-corrected chi connectivity index (χ0v) is 20.2. The Morgan fingerprint density at radius 2 is 2.03 bits per heavy atom. The molecule has 0 bridgehead atoms. The van der Waals surface area contributed by atoms with Crippen molar-refractivity contribution in [3.63, 3.8) is 0 Å². The highest BCUT2D eigenvalue weighted by molar-refractivity contribution is 7.15. The number of fused-ring (bicyclic) bond motifs is 1. The predicted octanol–water partition coefficient (Wildman–Crippen LogP) is 5.63. The molecule has 1 atom stereocenters. The van der Waals surface area contributed by atoms with Gasteiger partial charge in [-0.15, -0.1) is 11.3 Å². The van der Waals surface area contributed by atoms with Crippen molar-refractivity contribution in [3.05, 3.63) is 89.1 Å². The van der Waals surface area contributed by atoms with Crippen LogP contribution >= 0.6 is 11.3 Å². The van der Waals surface area contributed by atoms with E-state index >= 15 is 0 Å². The fourth-order valence-corrected chi connectivity index (χ4v) is 5.19. The van der Waals surface area contributed by atoms with Crippen LogP contribution in [0.2, 0.25) is 0 Å². The van der Waals surface area contributed by atoms with Crippen LogP contribution in [0.5, 0.6) is 0 Å². The number of amides is 1. The molecule has 0 spiro atoms. The fourth-order valence-electron chi connectivity index (χ4n) is 4.28. The van der Waals surface area contributed by atoms with Gasteiger partial charge in [0.25, 0.3) is 0 Å². The van der Waals surface area contributed by atoms with Gasteiger partial charge < -0.3 is 9.64 Å². The second-order valence-corrected chi connectivity index (χ2v) is 9.62. The normalized spacial score (nSPS) is 16.0. The van der Waals surface area contributed by atoms with E-state index in [9.17, 15) is 4.79 Å². The van der Waals surface area contributed by atoms with Crippen molar-refractivity contribution < 1.29 is 9.53 Å². The molecular formula is C28H29N3O2S. The van der Waals surface area contributed by atoms with Crippen LogP contribution in [0.15, 0.2) is 72.3 Å². The molecule has 6 heteroatoms. The molecule has 5 rings (SSSR count). The summed E-state index contributed by atoms with van der Waals surface area (Å²) in [7, 11) is 0. The monoisotopic (exact) mass is 471 g/mol. The maximum absolute atomic E-state index is 13.1. The van der Waals surface area contributed by atoms with Crippen molar-refractivity contribution >= 4 is 28.3 Å². The summed E-state index contributed by atoms with van der Waals surface area (Å²) in [4.78, 5) is 20.8. The van der Waals surface area contributed by atoms with Gasteiger partial charge in [0.15, 0.2) is 4.96 Å². The minimum Gasteiger partial charge on any atom is -0.376 e. The number of imidazole rings is 1. The van der Waals surface area contributed by atoms with Crippen molar-refractivity contribution in [1.82, 2.24) is 14.3 Å². The molecular weight excluding hydrogens is 442 g/mol. The van der Waals surface area contributed by atoms with Gasteiger partial charge >= 0.3 is 0 Å². The maximum Gasteiger partial charge on any atom is 0.246 e. The largest absolute Gasteiger partial charge is 0.376 e. The Hall–Kier alpha value is -3.22. The van der Waals surface area contributed by atoms with Crippen LogP contribution in [0, 0.1) is 6.92 Å². The van der Waals surface area contributed by atoms with Gasteiger partial charge in [0.2, 0.25) is 5.91 Å². The Bertz CT molecular complexity index is 1270. The standard InChI is InChI=1S/C28H29N3O2S/c1-21-9-12-23(13-10-21)26-19-31-24(20-34-28(31)29-26)15-16-30(18-25-8-5-17-33-25)27(32)14-11-22-6-3-2-4-7-22/h2-4,6-7,9-14,19-20,25H,5,8,15-18H2,1H3/b14-11+. The van der Waals surface area contributed by atoms with E-state index in [-0.39, 0.29) is 12.0 Å². The Morgan fingerprint density at radius 3 is 2.79 bits per heavy atom. The second-order valence-electron chi connectivity index (χ2n) is 8.79. The first-order chi connectivity index (χ1) is 16.7. The van der Waals surface area contributed by atoms with Crippen molar-refractivity contribution in [2.24, 2.45) is 0 Å². The lowest BCUT2D eigenvalue weighted by molar-refractivity contribution is -0.127. The molecule has 1 aliphatic heterocycles. The van der Waals surface area contributed by atoms with Gasteiger partial charge in [-0.3, -0.25) is 9.20 Å². The summed E-state index contributed by atoms with van der Waals surface area (Å²) in [5, 5.41) is 2.15. The first-order valence-corrected chi connectivity index (χ1v) is 12.7. The van der Waals surface area contributed by atoms with Crippen molar-refractivity contribution in [2.75, 3.05) is 19.7 Å². The molecule has 1 amide bonds. The minimum absolute atomic E-state index is 0.0248. The molecule has 2 aromatic heterocycles. The van der Waals surface area contributed by atoms with E-state index in [0.29, 0.717) is 13.1 Å². The average Bonchev–Trinajstić information content (AvgIpc) is 3.60. The Labute approximate surface area is 204 Å². The molecule has 3 heterocycles. The lowest BCUT2D eigenvalue weighted by Crippen LogP contribution is -2.37. The number of benzene rings is 2. The number of ether oxygens (including phenoxy) is 1. The highest BCUT2D eigenvalue weighted by Gasteiger charge is 2.22. The predicted molar refractivity (Wildman–Crippen MR) is 138 cm³/mol. The summed E-state index contributed by atoms with van der Waals surface area (Å²) in [5.41, 5.74) is 5.53. The van der Waals surface area contributed by atoms with E-state index in [1.54, 1.807) is 17.4 Å². The van der Waals surface area contributed by atoms with Gasteiger partial charge in [0, 0.05) is 55.0 Å². The van der Waals surface area contributed by atoms with Crippen LogP contribution in [-0.4, -0.2) is 46.0 Å². The molecule has 174 valence electrons. The molecule has 1 unspecified atom stereocenters. The number of carbonyl (C=O) groups excluding carboxylic acids is 1. The summed E-state index contributed by atoms with van der Waals surface area (Å²) in [6, 6.07) is 18.4. The molecule has 4 aromatic rings. The molecule has 0 saturated carbocycles. The number of hydrogen-bond acceptors (Lipinski definition) is 4. The van der Waals surface area contributed by atoms with E-state index in [0.717, 1.165) is 47.7 Å². The number of carbonyl (C=O) groups is 1. The topological polar surface area (TPSA) is 46.8 Å². The Kier molecular flexibility index (Phi) is 6.88. The third-order valence-corrected chi connectivity index (χ3v) is 7.13. The molecule has 0 aliphatic carbocycles. The lowest BCUT2D eigenvalue weighted by Gasteiger charge is -2.24. The van der Waals surface area contributed by atoms with Crippen molar-refractivity contribution in [2.45, 2.75) is 32.3 Å². The molecule has 0 radical (unpaired) electrons. The van der Waals surface area contributed by atoms with Gasteiger partial charge in [0.1, 0.15) is 0 Å². The zero-order chi connectivity index (χ0) is 23.3. The fraction of sp³-hybridized carbons (Fsp3) is 0.286. The van der Waals surface area contributed by atoms with E-state index in [1.807, 2.05) is 41.3 Å². The van der Waals surface area contributed by atoms with E-state index in [4.69, 9.17) is 9.72 Å². The summed E-state index contributed by atoms with van der Waals surface area (Å²) in [6.07, 6.45) is 8.63. The van der Waals surface area contributed by atoms with Gasteiger partial charge in [-0.25, -0.2) is 4.98 Å². The van der Waals surface area contributed by atoms with Gasteiger partial charge in [0.05, 0.1) is 11.8 Å². The average molecular weight is 472 g/mol. The second kappa shape index (κ2) is 10.4. The SMILES string of the molecule is Cc1ccc(-c2cn3c(CCN(CC4CCCO4)C(=O)/C=C/c4ccccc4)csc3n2)cc1. The number of nitrogens with zero attached hydrogens (tertiary/aromatic N) is 3. The third-order valence-electron chi connectivity index (χ3n) is 6.25. The lowest BCUT2D eigenvalue weighted by atomic mass is 10.1. The number of aryl methyl sites for hydroxylation is 1. The summed E-state index contributed by atoms with van der Waals surface area (Å²) in [6.45, 7) is 4.15. The van der Waals surface area contributed by atoms with Gasteiger partial charge in [-0.1, -0.05) is 60.2 Å². The number of hydrogen-bond donors (Lipinski definition) is 0. The maximum atomic E-state index is 13.1. The molecule has 34 heavy (non-hydrogen) atoms. The molecule has 1 aliphatic rings. The number of aromatic nitrogens is 2. The Morgan fingerprint density at radius 1 is 1.21 bits per heavy atom. The highest BCUT2D eigenvalue weighted by Crippen LogP contribution is 2.24. The van der Waals surface area contributed by atoms with E-state index < -0.39 is 0 Å². The van der Waals surface area contributed by atoms with Crippen molar-refractivity contribution in [3.8, 4) is 11.3 Å². The third kappa shape index (κ3) is 5.29. The van der Waals surface area contributed by atoms with Gasteiger partial charge in [-0.2, -0.15) is 0 Å². The quantitative estimate of drug-likeness (QED) is 0.313. The molecule has 0 N–H and O–H groups in total. The smallest absolute Gasteiger partial charge is 0.246 e. The molecule has 1 saturated heterocycles. The molecule has 5 nitrogen and oxygen atoms in total. The Balaban J connectivity index is 1.31. The van der Waals surface area contributed by atoms with Crippen LogP contribution in [0.4, 0.5) is 0 Å². The summed E-state index contributed by atoms with van der Waals surface area (Å²) in [5.74, 6) is 0.0248. The first kappa shape index (κ1) is 22.6. The van der Waals surface area contributed by atoms with Crippen molar-refractivity contribution in [1.29, 1.82) is 0 Å². The van der Waals surface area contributed by atoms with Gasteiger partial charge in [-0.05, 0) is 31.4 Å².